The number of methoxy groups -OCH3 is 2. The lowest BCUT2D eigenvalue weighted by atomic mass is 10.1. The first-order valence-electron chi connectivity index (χ1n) is 7.22. The molecule has 2 N–H and O–H groups in total. The molecule has 24 heavy (non-hydrogen) atoms. The maximum absolute atomic E-state index is 12.5. The molecule has 2 rings (SSSR count). The highest BCUT2D eigenvalue weighted by atomic mass is 16.5. The Morgan fingerprint density at radius 3 is 2.33 bits per heavy atom. The van der Waals surface area contributed by atoms with Crippen molar-refractivity contribution < 1.29 is 23.6 Å². The number of aryl methyl sites for hydroxylation is 1. The third-order valence-electron chi connectivity index (χ3n) is 3.28. The fourth-order valence-corrected chi connectivity index (χ4v) is 2.07. The van der Waals surface area contributed by atoms with E-state index < -0.39 is 17.9 Å². The van der Waals surface area contributed by atoms with E-state index in [0.717, 1.165) is 0 Å². The van der Waals surface area contributed by atoms with Crippen LogP contribution in [0.5, 0.6) is 11.5 Å². The monoisotopic (exact) mass is 333 g/mol. The van der Waals surface area contributed by atoms with Gasteiger partial charge in [0.25, 0.3) is 5.91 Å². The van der Waals surface area contributed by atoms with Crippen LogP contribution in [0.15, 0.2) is 28.8 Å². The van der Waals surface area contributed by atoms with Gasteiger partial charge < -0.3 is 24.6 Å². The van der Waals surface area contributed by atoms with Gasteiger partial charge in [-0.1, -0.05) is 11.2 Å². The average molecular weight is 333 g/mol. The lowest BCUT2D eigenvalue weighted by Crippen LogP contribution is -2.41. The Bertz CT molecular complexity index is 719. The first kappa shape index (κ1) is 17.3. The molecule has 2 aromatic rings. The Hall–Kier alpha value is -3.03. The molecule has 8 heteroatoms. The summed E-state index contributed by atoms with van der Waals surface area (Å²) in [4.78, 5) is 24.6. The molecule has 128 valence electrons. The molecule has 0 saturated heterocycles. The average Bonchev–Trinajstić information content (AvgIpc) is 2.98. The van der Waals surface area contributed by atoms with Crippen molar-refractivity contribution in [2.75, 3.05) is 19.5 Å². The molecule has 0 radical (unpaired) electrons. The zero-order valence-corrected chi connectivity index (χ0v) is 13.9. The number of amides is 2. The van der Waals surface area contributed by atoms with Crippen molar-refractivity contribution in [1.29, 1.82) is 0 Å². The highest BCUT2D eigenvalue weighted by Crippen LogP contribution is 2.28. The highest BCUT2D eigenvalue weighted by Gasteiger charge is 2.23. The summed E-state index contributed by atoms with van der Waals surface area (Å²) in [6, 6.07) is 5.76. The van der Waals surface area contributed by atoms with Gasteiger partial charge in [-0.2, -0.15) is 0 Å². The minimum Gasteiger partial charge on any atom is -0.496 e. The molecule has 0 bridgehead atoms. The number of hydrogen-bond acceptors (Lipinski definition) is 6. The van der Waals surface area contributed by atoms with Gasteiger partial charge in [-0.05, 0) is 26.0 Å². The van der Waals surface area contributed by atoms with Crippen LogP contribution < -0.4 is 20.1 Å². The fraction of sp³-hybridized carbons (Fsp3) is 0.312. The van der Waals surface area contributed by atoms with E-state index in [1.54, 1.807) is 38.1 Å². The Morgan fingerprint density at radius 2 is 1.83 bits per heavy atom. The van der Waals surface area contributed by atoms with E-state index in [1.165, 1.54) is 14.2 Å². The molecule has 1 heterocycles. The van der Waals surface area contributed by atoms with Crippen molar-refractivity contribution in [2.45, 2.75) is 19.9 Å². The van der Waals surface area contributed by atoms with Gasteiger partial charge in [0.2, 0.25) is 5.91 Å². The third-order valence-corrected chi connectivity index (χ3v) is 3.28. The quantitative estimate of drug-likeness (QED) is 0.835. The Kier molecular flexibility index (Phi) is 5.41. The van der Waals surface area contributed by atoms with Gasteiger partial charge in [0.05, 0.1) is 14.2 Å². The van der Waals surface area contributed by atoms with Crippen LogP contribution in [-0.4, -0.2) is 37.2 Å². The molecule has 0 unspecified atom stereocenters. The zero-order chi connectivity index (χ0) is 17.7. The van der Waals surface area contributed by atoms with E-state index in [9.17, 15) is 9.59 Å². The molecule has 1 atom stereocenters. The molecule has 0 aliphatic heterocycles. The van der Waals surface area contributed by atoms with Crippen molar-refractivity contribution in [2.24, 2.45) is 0 Å². The van der Waals surface area contributed by atoms with Gasteiger partial charge in [0.15, 0.2) is 5.82 Å². The summed E-state index contributed by atoms with van der Waals surface area (Å²) in [5.74, 6) is 0.654. The molecule has 1 aromatic carbocycles. The topological polar surface area (TPSA) is 103 Å². The van der Waals surface area contributed by atoms with E-state index in [-0.39, 0.29) is 11.4 Å². The minimum atomic E-state index is -0.802. The molecule has 0 fully saturated rings. The van der Waals surface area contributed by atoms with Crippen molar-refractivity contribution in [3.8, 4) is 11.5 Å². The number of nitrogens with zero attached hydrogens (tertiary/aromatic N) is 1. The number of hydrogen-bond donors (Lipinski definition) is 2. The fourth-order valence-electron chi connectivity index (χ4n) is 2.07. The zero-order valence-electron chi connectivity index (χ0n) is 13.9. The van der Waals surface area contributed by atoms with E-state index in [0.29, 0.717) is 17.3 Å². The number of nitrogens with one attached hydrogen (secondary N) is 2. The molecule has 2 amide bonds. The Labute approximate surface area is 139 Å². The van der Waals surface area contributed by atoms with Crippen LogP contribution in [0.25, 0.3) is 0 Å². The number of ether oxygens (including phenoxy) is 2. The van der Waals surface area contributed by atoms with Gasteiger partial charge in [0, 0.05) is 6.07 Å². The maximum Gasteiger partial charge on any atom is 0.259 e. The van der Waals surface area contributed by atoms with E-state index in [1.807, 2.05) is 0 Å². The van der Waals surface area contributed by atoms with E-state index >= 15 is 0 Å². The van der Waals surface area contributed by atoms with Crippen LogP contribution in [-0.2, 0) is 4.79 Å². The standard InChI is InChI=1S/C16H19N3O5/c1-9-8-13(19-24-9)18-15(20)10(2)17-16(21)14-11(22-3)6-5-7-12(14)23-4/h5-8,10H,1-4H3,(H,17,21)(H,18,19,20)/t10-/m0/s1. The summed E-state index contributed by atoms with van der Waals surface area (Å²) in [5.41, 5.74) is 0.222. The van der Waals surface area contributed by atoms with Crippen LogP contribution >= 0.6 is 0 Å². The van der Waals surface area contributed by atoms with Crippen LogP contribution in [0.3, 0.4) is 0 Å². The smallest absolute Gasteiger partial charge is 0.259 e. The number of aromatic nitrogens is 1. The van der Waals surface area contributed by atoms with Crippen molar-refractivity contribution in [1.82, 2.24) is 10.5 Å². The van der Waals surface area contributed by atoms with E-state index in [4.69, 9.17) is 14.0 Å². The number of rotatable bonds is 6. The minimum absolute atomic E-state index is 0.222. The van der Waals surface area contributed by atoms with Gasteiger partial charge in [-0.3, -0.25) is 9.59 Å². The summed E-state index contributed by atoms with van der Waals surface area (Å²) in [6.45, 7) is 3.27. The van der Waals surface area contributed by atoms with E-state index in [2.05, 4.69) is 15.8 Å². The predicted octanol–water partition coefficient (Wildman–Crippen LogP) is 1.76. The molecule has 0 aliphatic rings. The van der Waals surface area contributed by atoms with Gasteiger partial charge in [0.1, 0.15) is 28.9 Å². The van der Waals surface area contributed by atoms with Crippen molar-refractivity contribution in [3.05, 3.63) is 35.6 Å². The second-order valence-electron chi connectivity index (χ2n) is 5.04. The highest BCUT2D eigenvalue weighted by molar-refractivity contribution is 6.03. The number of carbonyl (C=O) groups is 2. The number of anilines is 1. The lowest BCUT2D eigenvalue weighted by molar-refractivity contribution is -0.117. The summed E-state index contributed by atoms with van der Waals surface area (Å²) < 4.78 is 15.2. The molecule has 1 aromatic heterocycles. The predicted molar refractivity (Wildman–Crippen MR) is 86.3 cm³/mol. The summed E-state index contributed by atoms with van der Waals surface area (Å²) in [6.07, 6.45) is 0. The Balaban J connectivity index is 2.10. The van der Waals surface area contributed by atoms with Crippen molar-refractivity contribution in [3.63, 3.8) is 0 Å². The first-order valence-corrected chi connectivity index (χ1v) is 7.22. The second kappa shape index (κ2) is 7.49. The van der Waals surface area contributed by atoms with Crippen LogP contribution in [0.2, 0.25) is 0 Å². The molecule has 0 spiro atoms. The normalized spacial score (nSPS) is 11.5. The summed E-state index contributed by atoms with van der Waals surface area (Å²) in [5, 5.41) is 8.83. The first-order chi connectivity index (χ1) is 11.5. The number of carbonyl (C=O) groups excluding carboxylic acids is 2. The SMILES string of the molecule is COc1cccc(OC)c1C(=O)N[C@@H](C)C(=O)Nc1cc(C)on1. The lowest BCUT2D eigenvalue weighted by Gasteiger charge is -2.16. The van der Waals surface area contributed by atoms with Crippen LogP contribution in [0.1, 0.15) is 23.0 Å². The maximum atomic E-state index is 12.5. The molecule has 0 saturated carbocycles. The number of benzene rings is 1. The van der Waals surface area contributed by atoms with Gasteiger partial charge >= 0.3 is 0 Å². The summed E-state index contributed by atoms with van der Waals surface area (Å²) in [7, 11) is 2.91. The van der Waals surface area contributed by atoms with Crippen LogP contribution in [0, 0.1) is 6.92 Å². The molecular weight excluding hydrogens is 314 g/mol. The third kappa shape index (κ3) is 3.83. The van der Waals surface area contributed by atoms with Gasteiger partial charge in [-0.15, -0.1) is 0 Å². The van der Waals surface area contributed by atoms with Crippen LogP contribution in [0.4, 0.5) is 5.82 Å². The van der Waals surface area contributed by atoms with Gasteiger partial charge in [-0.25, -0.2) is 0 Å². The molecular formula is C16H19N3O5. The molecule has 0 aliphatic carbocycles. The second-order valence-corrected chi connectivity index (χ2v) is 5.04. The largest absolute Gasteiger partial charge is 0.496 e. The Morgan fingerprint density at radius 1 is 1.21 bits per heavy atom. The van der Waals surface area contributed by atoms with Crippen molar-refractivity contribution >= 4 is 17.6 Å². The summed E-state index contributed by atoms with van der Waals surface area (Å²) >= 11 is 0. The molecule has 8 nitrogen and oxygen atoms in total.